The molecule has 5 heteroatoms. The van der Waals surface area contributed by atoms with E-state index < -0.39 is 24.5 Å². The van der Waals surface area contributed by atoms with Crippen molar-refractivity contribution >= 4 is 11.9 Å². The first-order valence-electron chi connectivity index (χ1n) is 6.02. The average Bonchev–Trinajstić information content (AvgIpc) is 2.46. The second-order valence-corrected chi connectivity index (χ2v) is 3.58. The summed E-state index contributed by atoms with van der Waals surface area (Å²) in [6, 6.07) is 0. The third-order valence-corrected chi connectivity index (χ3v) is 1.88. The molecular weight excluding hydrogens is 272 g/mol. The first-order valence-corrected chi connectivity index (χ1v) is 6.02. The Morgan fingerprint density at radius 1 is 0.952 bits per heavy atom. The van der Waals surface area contributed by atoms with Gasteiger partial charge in [0.25, 0.3) is 0 Å². The highest BCUT2D eigenvalue weighted by molar-refractivity contribution is 5.82. The number of hydrogen-bond donors (Lipinski definition) is 1. The van der Waals surface area contributed by atoms with Gasteiger partial charge in [0.05, 0.1) is 6.42 Å². The summed E-state index contributed by atoms with van der Waals surface area (Å²) in [6.07, 6.45) is 13.6. The number of carbonyl (C=O) groups excluding carboxylic acids is 2. The van der Waals surface area contributed by atoms with Crippen LogP contribution in [0.15, 0.2) is 0 Å². The van der Waals surface area contributed by atoms with Gasteiger partial charge in [-0.2, -0.15) is 0 Å². The van der Waals surface area contributed by atoms with Gasteiger partial charge in [-0.15, -0.1) is 24.7 Å². The predicted molar refractivity (Wildman–Crippen MR) is 74.5 cm³/mol. The molecule has 0 amide bonds. The van der Waals surface area contributed by atoms with Crippen LogP contribution in [-0.4, -0.2) is 23.1 Å². The number of terminal acetylenes is 2. The zero-order valence-corrected chi connectivity index (χ0v) is 11.3. The summed E-state index contributed by atoms with van der Waals surface area (Å²) >= 11 is 0. The molecule has 0 aliphatic rings. The minimum Gasteiger partial charge on any atom is -0.381 e. The minimum atomic E-state index is -1.66. The first-order chi connectivity index (χ1) is 10.1. The van der Waals surface area contributed by atoms with Crippen molar-refractivity contribution in [2.24, 2.45) is 0 Å². The van der Waals surface area contributed by atoms with Crippen molar-refractivity contribution in [3.8, 4) is 48.7 Å². The Kier molecular flexibility index (Phi) is 10.5. The smallest absolute Gasteiger partial charge is 0.349 e. The fourth-order valence-corrected chi connectivity index (χ4v) is 0.902. The van der Waals surface area contributed by atoms with Crippen molar-refractivity contribution < 1.29 is 24.2 Å². The molecule has 5 nitrogen and oxygen atoms in total. The fraction of sp³-hybridized carbons (Fsp3) is 0.375. The molecule has 0 aromatic carbocycles. The van der Waals surface area contributed by atoms with E-state index in [2.05, 4.69) is 45.4 Å². The highest BCUT2D eigenvalue weighted by atomic mass is 16.5. The van der Waals surface area contributed by atoms with Crippen molar-refractivity contribution in [3.05, 3.63) is 0 Å². The zero-order valence-electron chi connectivity index (χ0n) is 11.3. The lowest BCUT2D eigenvalue weighted by molar-refractivity contribution is -0.152. The molecule has 0 bridgehead atoms. The summed E-state index contributed by atoms with van der Waals surface area (Å²) < 4.78 is 8.90. The van der Waals surface area contributed by atoms with Crippen molar-refractivity contribution in [3.63, 3.8) is 0 Å². The van der Waals surface area contributed by atoms with E-state index in [-0.39, 0.29) is 0 Å². The quantitative estimate of drug-likeness (QED) is 0.454. The van der Waals surface area contributed by atoms with Crippen LogP contribution in [0.4, 0.5) is 0 Å². The Morgan fingerprint density at radius 2 is 1.48 bits per heavy atom. The maximum absolute atomic E-state index is 11.2. The molecule has 0 aliphatic heterocycles. The van der Waals surface area contributed by atoms with Crippen LogP contribution in [0.2, 0.25) is 0 Å². The molecule has 108 valence electrons. The number of unbranched alkanes of at least 4 members (excludes halogenated alkanes) is 2. The standard InChI is InChI=1S/C16H14O5/c1-3-5-7-9-11-20-15(18)13-14(17)16(19)21-12-10-8-6-4-2/h1-2,14,17H,5-8,13H2. The third-order valence-electron chi connectivity index (χ3n) is 1.88. The van der Waals surface area contributed by atoms with Crippen LogP contribution in [0, 0.1) is 48.7 Å². The Labute approximate surface area is 124 Å². The van der Waals surface area contributed by atoms with Crippen LogP contribution in [0.5, 0.6) is 0 Å². The van der Waals surface area contributed by atoms with E-state index in [9.17, 15) is 14.7 Å². The highest BCUT2D eigenvalue weighted by Gasteiger charge is 2.21. The third kappa shape index (κ3) is 10.7. The predicted octanol–water partition coefficient (Wildman–Crippen LogP) is 0.572. The summed E-state index contributed by atoms with van der Waals surface area (Å²) in [7, 11) is 0. The monoisotopic (exact) mass is 286 g/mol. The van der Waals surface area contributed by atoms with E-state index in [4.69, 9.17) is 12.8 Å². The molecule has 0 aromatic heterocycles. The van der Waals surface area contributed by atoms with Gasteiger partial charge in [0.1, 0.15) is 12.2 Å². The van der Waals surface area contributed by atoms with Crippen molar-refractivity contribution in [1.82, 2.24) is 0 Å². The highest BCUT2D eigenvalue weighted by Crippen LogP contribution is 1.97. The summed E-state index contributed by atoms with van der Waals surface area (Å²) in [4.78, 5) is 22.5. The van der Waals surface area contributed by atoms with Crippen LogP contribution < -0.4 is 0 Å². The van der Waals surface area contributed by atoms with Gasteiger partial charge in [-0.25, -0.2) is 4.79 Å². The first kappa shape index (κ1) is 18.1. The fourth-order valence-electron chi connectivity index (χ4n) is 0.902. The molecule has 21 heavy (non-hydrogen) atoms. The Hall–Kier alpha value is -2.86. The molecule has 0 aromatic rings. The van der Waals surface area contributed by atoms with E-state index in [0.29, 0.717) is 25.7 Å². The Morgan fingerprint density at radius 3 is 2.00 bits per heavy atom. The van der Waals surface area contributed by atoms with Crippen molar-refractivity contribution in [1.29, 1.82) is 0 Å². The van der Waals surface area contributed by atoms with Gasteiger partial charge in [0, 0.05) is 25.7 Å². The molecule has 0 rings (SSSR count). The van der Waals surface area contributed by atoms with Crippen LogP contribution >= 0.6 is 0 Å². The molecule has 0 saturated heterocycles. The molecule has 0 radical (unpaired) electrons. The second kappa shape index (κ2) is 12.2. The van der Waals surface area contributed by atoms with Gasteiger partial charge in [0.2, 0.25) is 0 Å². The molecule has 0 heterocycles. The number of ether oxygens (including phenoxy) is 2. The number of esters is 2. The number of hydrogen-bond acceptors (Lipinski definition) is 5. The van der Waals surface area contributed by atoms with E-state index >= 15 is 0 Å². The van der Waals surface area contributed by atoms with Crippen LogP contribution in [0.25, 0.3) is 0 Å². The maximum atomic E-state index is 11.2. The lowest BCUT2D eigenvalue weighted by atomic mass is 10.2. The molecule has 0 fully saturated rings. The number of aliphatic hydroxyl groups is 1. The van der Waals surface area contributed by atoms with Gasteiger partial charge in [-0.3, -0.25) is 4.79 Å². The van der Waals surface area contributed by atoms with Gasteiger partial charge in [-0.1, -0.05) is 11.8 Å². The minimum absolute atomic E-state index is 0.370. The molecule has 1 atom stereocenters. The molecule has 1 N–H and O–H groups in total. The van der Waals surface area contributed by atoms with E-state index in [1.54, 1.807) is 0 Å². The summed E-state index contributed by atoms with van der Waals surface area (Å²) in [5.74, 6) is 7.81. The Bertz CT molecular complexity index is 554. The lowest BCUT2D eigenvalue weighted by Gasteiger charge is -2.03. The molecule has 0 spiro atoms. The zero-order chi connectivity index (χ0) is 15.9. The number of rotatable bonds is 5. The van der Waals surface area contributed by atoms with Crippen LogP contribution in [-0.2, 0) is 19.1 Å². The lowest BCUT2D eigenvalue weighted by Crippen LogP contribution is -2.25. The largest absolute Gasteiger partial charge is 0.381 e. The summed E-state index contributed by atoms with van der Waals surface area (Å²) in [5.41, 5.74) is 0. The van der Waals surface area contributed by atoms with Crippen molar-refractivity contribution in [2.45, 2.75) is 38.2 Å². The number of carbonyl (C=O) groups is 2. The number of aliphatic hydroxyl groups excluding tert-OH is 1. The van der Waals surface area contributed by atoms with E-state index in [1.807, 2.05) is 0 Å². The second-order valence-electron chi connectivity index (χ2n) is 3.58. The van der Waals surface area contributed by atoms with E-state index in [1.165, 1.54) is 0 Å². The normalized spacial score (nSPS) is 9.48. The SMILES string of the molecule is C#CCCC#COC(=O)CC(O)C(=O)OC#CCCC#C. The summed E-state index contributed by atoms with van der Waals surface area (Å²) in [5, 5.41) is 9.38. The van der Waals surface area contributed by atoms with Gasteiger partial charge < -0.3 is 14.6 Å². The van der Waals surface area contributed by atoms with E-state index in [0.717, 1.165) is 0 Å². The Balaban J connectivity index is 4.01. The maximum Gasteiger partial charge on any atom is 0.349 e. The van der Waals surface area contributed by atoms with Crippen LogP contribution in [0.3, 0.4) is 0 Å². The topological polar surface area (TPSA) is 72.8 Å². The molecule has 0 aliphatic carbocycles. The van der Waals surface area contributed by atoms with Crippen molar-refractivity contribution in [2.75, 3.05) is 0 Å². The molecule has 1 unspecified atom stereocenters. The van der Waals surface area contributed by atoms with Gasteiger partial charge in [0.15, 0.2) is 6.10 Å². The molecular formula is C16H14O5. The molecule has 0 saturated carbocycles. The average molecular weight is 286 g/mol. The van der Waals surface area contributed by atoms with Crippen LogP contribution in [0.1, 0.15) is 32.1 Å². The van der Waals surface area contributed by atoms with Gasteiger partial charge in [-0.05, 0) is 0 Å². The van der Waals surface area contributed by atoms with Gasteiger partial charge >= 0.3 is 11.9 Å². The summed E-state index contributed by atoms with van der Waals surface area (Å²) in [6.45, 7) is 0.